The van der Waals surface area contributed by atoms with Crippen LogP contribution in [0.15, 0.2) is 29.4 Å². The average molecular weight is 415 g/mol. The van der Waals surface area contributed by atoms with Gasteiger partial charge < -0.3 is 14.8 Å². The average Bonchev–Trinajstić information content (AvgIpc) is 3.08. The van der Waals surface area contributed by atoms with Crippen molar-refractivity contribution in [1.29, 1.82) is 0 Å². The predicted molar refractivity (Wildman–Crippen MR) is 111 cm³/mol. The van der Waals surface area contributed by atoms with Crippen LogP contribution >= 0.6 is 0 Å². The van der Waals surface area contributed by atoms with Crippen LogP contribution in [0.3, 0.4) is 0 Å². The number of nitrogens with zero attached hydrogens (tertiary/aromatic N) is 1. The summed E-state index contributed by atoms with van der Waals surface area (Å²) in [6.07, 6.45) is 3.15. The summed E-state index contributed by atoms with van der Waals surface area (Å²) in [4.78, 5) is 35.8. The number of esters is 1. The third-order valence-electron chi connectivity index (χ3n) is 6.94. The first kappa shape index (κ1) is 21.8. The molecule has 2 fully saturated rings. The van der Waals surface area contributed by atoms with Gasteiger partial charge in [-0.1, -0.05) is 20.8 Å². The number of amides is 2. The summed E-state index contributed by atoms with van der Waals surface area (Å²) < 4.78 is 9.95. The molecule has 0 spiro atoms. The van der Waals surface area contributed by atoms with Crippen molar-refractivity contribution < 1.29 is 23.9 Å². The fraction of sp³-hybridized carbons (Fsp3) is 0.545. The van der Waals surface area contributed by atoms with Crippen molar-refractivity contribution in [3.05, 3.63) is 29.8 Å². The summed E-state index contributed by atoms with van der Waals surface area (Å²) in [6, 6.07) is 6.47. The van der Waals surface area contributed by atoms with Crippen molar-refractivity contribution in [2.24, 2.45) is 21.8 Å². The number of hydrazone groups is 1. The van der Waals surface area contributed by atoms with Crippen LogP contribution < -0.4 is 15.5 Å². The molecule has 162 valence electrons. The highest BCUT2D eigenvalue weighted by molar-refractivity contribution is 5.96. The fourth-order valence-electron chi connectivity index (χ4n) is 4.45. The second kappa shape index (κ2) is 8.45. The first-order valence-corrected chi connectivity index (χ1v) is 10.1. The Morgan fingerprint density at radius 2 is 1.87 bits per heavy atom. The minimum absolute atomic E-state index is 0.00659. The van der Waals surface area contributed by atoms with Crippen molar-refractivity contribution >= 4 is 23.5 Å². The standard InChI is InChI=1S/C22H29N3O5/c1-21(2)15-9-10-22(21,3)17(11-15)24-25-18(26)13-30-19(27)12-23-20(28)14-5-7-16(29-4)8-6-14/h5-8,15H,9-13H2,1-4H3,(H,23,28)(H,25,26)/b24-17+. The first-order chi connectivity index (χ1) is 14.2. The third-order valence-corrected chi connectivity index (χ3v) is 6.94. The van der Waals surface area contributed by atoms with E-state index in [2.05, 4.69) is 36.6 Å². The van der Waals surface area contributed by atoms with E-state index in [1.54, 1.807) is 24.3 Å². The van der Waals surface area contributed by atoms with Crippen LogP contribution in [0.1, 0.15) is 50.4 Å². The Balaban J connectivity index is 1.40. The lowest BCUT2D eigenvalue weighted by molar-refractivity contribution is -0.147. The molecule has 2 amide bonds. The highest BCUT2D eigenvalue weighted by atomic mass is 16.5. The Hall–Kier alpha value is -2.90. The number of carbonyl (C=O) groups excluding carboxylic acids is 3. The molecule has 2 aliphatic carbocycles. The van der Waals surface area contributed by atoms with Gasteiger partial charge in [-0.15, -0.1) is 0 Å². The molecule has 2 atom stereocenters. The molecule has 8 nitrogen and oxygen atoms in total. The maximum atomic E-state index is 12.0. The number of nitrogens with one attached hydrogen (secondary N) is 2. The minimum Gasteiger partial charge on any atom is -0.497 e. The topological polar surface area (TPSA) is 106 Å². The van der Waals surface area contributed by atoms with Gasteiger partial charge in [-0.2, -0.15) is 5.10 Å². The van der Waals surface area contributed by atoms with Crippen molar-refractivity contribution in [2.75, 3.05) is 20.3 Å². The van der Waals surface area contributed by atoms with E-state index >= 15 is 0 Å². The Morgan fingerprint density at radius 1 is 1.17 bits per heavy atom. The van der Waals surface area contributed by atoms with Gasteiger partial charge in [-0.3, -0.25) is 14.4 Å². The van der Waals surface area contributed by atoms with E-state index in [9.17, 15) is 14.4 Å². The Kier molecular flexibility index (Phi) is 6.14. The van der Waals surface area contributed by atoms with Crippen LogP contribution in [0, 0.1) is 16.7 Å². The summed E-state index contributed by atoms with van der Waals surface area (Å²) in [5, 5.41) is 6.78. The van der Waals surface area contributed by atoms with E-state index in [1.165, 1.54) is 13.5 Å². The maximum absolute atomic E-state index is 12.0. The fourth-order valence-corrected chi connectivity index (χ4v) is 4.45. The van der Waals surface area contributed by atoms with E-state index in [-0.39, 0.29) is 17.4 Å². The lowest BCUT2D eigenvalue weighted by atomic mass is 9.70. The molecule has 3 rings (SSSR count). The number of methoxy groups -OCH3 is 1. The summed E-state index contributed by atoms with van der Waals surface area (Å²) in [5.74, 6) is -0.402. The quantitative estimate of drug-likeness (QED) is 0.525. The van der Waals surface area contributed by atoms with E-state index in [0.717, 1.165) is 18.6 Å². The third kappa shape index (κ3) is 4.17. The van der Waals surface area contributed by atoms with Gasteiger partial charge in [0, 0.05) is 16.7 Å². The molecule has 0 saturated heterocycles. The Bertz CT molecular complexity index is 862. The SMILES string of the molecule is COc1ccc(C(=O)NCC(=O)OCC(=O)N/N=C2\CC3CCC2(C)C3(C)C)cc1. The molecule has 8 heteroatoms. The lowest BCUT2D eigenvalue weighted by Gasteiger charge is -2.34. The molecule has 0 radical (unpaired) electrons. The van der Waals surface area contributed by atoms with Crippen molar-refractivity contribution in [3.8, 4) is 5.75 Å². The van der Waals surface area contributed by atoms with Gasteiger partial charge in [0.05, 0.1) is 7.11 Å². The van der Waals surface area contributed by atoms with Gasteiger partial charge in [0.1, 0.15) is 12.3 Å². The van der Waals surface area contributed by atoms with Crippen LogP contribution in [0.5, 0.6) is 5.75 Å². The Morgan fingerprint density at radius 3 is 2.43 bits per heavy atom. The highest BCUT2D eigenvalue weighted by Gasteiger charge is 2.60. The zero-order valence-electron chi connectivity index (χ0n) is 17.9. The molecular weight excluding hydrogens is 386 g/mol. The van der Waals surface area contributed by atoms with Crippen LogP contribution in [-0.4, -0.2) is 43.8 Å². The van der Waals surface area contributed by atoms with Gasteiger partial charge in [0.2, 0.25) is 0 Å². The van der Waals surface area contributed by atoms with Crippen LogP contribution in [-0.2, 0) is 14.3 Å². The molecule has 30 heavy (non-hydrogen) atoms. The molecule has 2 bridgehead atoms. The monoisotopic (exact) mass is 415 g/mol. The second-order valence-electron chi connectivity index (χ2n) is 8.66. The number of fused-ring (bicyclic) bond motifs is 2. The number of carbonyl (C=O) groups is 3. The van der Waals surface area contributed by atoms with Gasteiger partial charge in [-0.25, -0.2) is 5.43 Å². The molecule has 0 aliphatic heterocycles. The van der Waals surface area contributed by atoms with Crippen LogP contribution in [0.2, 0.25) is 0 Å². The number of hydrogen-bond acceptors (Lipinski definition) is 6. The van der Waals surface area contributed by atoms with E-state index < -0.39 is 24.4 Å². The summed E-state index contributed by atoms with van der Waals surface area (Å²) >= 11 is 0. The number of rotatable bonds is 7. The van der Waals surface area contributed by atoms with Crippen LogP contribution in [0.4, 0.5) is 0 Å². The lowest BCUT2D eigenvalue weighted by Crippen LogP contribution is -2.35. The largest absolute Gasteiger partial charge is 0.497 e. The predicted octanol–water partition coefficient (Wildman–Crippen LogP) is 2.29. The van der Waals surface area contributed by atoms with Gasteiger partial charge in [0.25, 0.3) is 11.8 Å². The molecule has 2 unspecified atom stereocenters. The summed E-state index contributed by atoms with van der Waals surface area (Å²) in [6.45, 7) is 5.95. The molecule has 2 aliphatic rings. The smallest absolute Gasteiger partial charge is 0.325 e. The van der Waals surface area contributed by atoms with Gasteiger partial charge in [-0.05, 0) is 54.9 Å². The van der Waals surface area contributed by atoms with E-state index in [0.29, 0.717) is 17.2 Å². The van der Waals surface area contributed by atoms with E-state index in [1.807, 2.05) is 0 Å². The first-order valence-electron chi connectivity index (χ1n) is 10.1. The molecule has 2 N–H and O–H groups in total. The minimum atomic E-state index is -0.701. The molecule has 0 aromatic heterocycles. The van der Waals surface area contributed by atoms with Crippen molar-refractivity contribution in [3.63, 3.8) is 0 Å². The molecular formula is C22H29N3O5. The molecule has 0 heterocycles. The van der Waals surface area contributed by atoms with Crippen LogP contribution in [0.25, 0.3) is 0 Å². The zero-order valence-corrected chi connectivity index (χ0v) is 17.9. The van der Waals surface area contributed by atoms with E-state index in [4.69, 9.17) is 9.47 Å². The zero-order chi connectivity index (χ0) is 21.9. The Labute approximate surface area is 176 Å². The summed E-state index contributed by atoms with van der Waals surface area (Å²) in [7, 11) is 1.53. The summed E-state index contributed by atoms with van der Waals surface area (Å²) in [5.41, 5.74) is 4.06. The highest BCUT2D eigenvalue weighted by Crippen LogP contribution is 2.63. The number of ether oxygens (including phenoxy) is 2. The molecule has 2 saturated carbocycles. The van der Waals surface area contributed by atoms with Gasteiger partial charge >= 0.3 is 5.97 Å². The van der Waals surface area contributed by atoms with Crippen molar-refractivity contribution in [2.45, 2.75) is 40.0 Å². The van der Waals surface area contributed by atoms with Gasteiger partial charge in [0.15, 0.2) is 6.61 Å². The number of benzene rings is 1. The second-order valence-corrected chi connectivity index (χ2v) is 8.66. The molecule has 1 aromatic rings. The maximum Gasteiger partial charge on any atom is 0.325 e. The van der Waals surface area contributed by atoms with Crippen molar-refractivity contribution in [1.82, 2.24) is 10.7 Å². The normalized spacial score (nSPS) is 25.1. The molecule has 1 aromatic carbocycles. The number of hydrogen-bond donors (Lipinski definition) is 2.